The third kappa shape index (κ3) is 3.62. The van der Waals surface area contributed by atoms with Crippen molar-refractivity contribution in [3.8, 4) is 0 Å². The molecule has 3 heteroatoms. The topological polar surface area (TPSA) is 35.5 Å². The van der Waals surface area contributed by atoms with Crippen LogP contribution in [-0.2, 0) is 26.3 Å². The lowest BCUT2D eigenvalue weighted by Crippen LogP contribution is -2.45. The number of ether oxygens (including phenoxy) is 2. The van der Waals surface area contributed by atoms with Gasteiger partial charge in [-0.05, 0) is 44.2 Å². The molecule has 1 fully saturated rings. The number of hydrogen-bond acceptors (Lipinski definition) is 3. The Kier molecular flexibility index (Phi) is 5.54. The van der Waals surface area contributed by atoms with E-state index in [4.69, 9.17) is 9.47 Å². The van der Waals surface area contributed by atoms with Crippen molar-refractivity contribution in [2.24, 2.45) is 0 Å². The molecule has 2 aromatic rings. The van der Waals surface area contributed by atoms with Crippen LogP contribution in [0.15, 0.2) is 54.6 Å². The SMILES string of the molecule is CCOC(=O)C1(c2ccc(C)cc2)CCCC1OCc1ccccc1. The van der Waals surface area contributed by atoms with E-state index in [2.05, 4.69) is 31.2 Å². The molecule has 0 N–H and O–H groups in total. The van der Waals surface area contributed by atoms with Crippen molar-refractivity contribution < 1.29 is 14.3 Å². The second-order valence-corrected chi connectivity index (χ2v) is 6.74. The van der Waals surface area contributed by atoms with Crippen molar-refractivity contribution in [1.82, 2.24) is 0 Å². The summed E-state index contributed by atoms with van der Waals surface area (Å²) in [5, 5.41) is 0. The van der Waals surface area contributed by atoms with Crippen molar-refractivity contribution in [2.75, 3.05) is 6.61 Å². The van der Waals surface area contributed by atoms with Crippen LogP contribution in [0.3, 0.4) is 0 Å². The zero-order valence-corrected chi connectivity index (χ0v) is 15.0. The molecule has 132 valence electrons. The Morgan fingerprint density at radius 3 is 2.52 bits per heavy atom. The van der Waals surface area contributed by atoms with Crippen LogP contribution in [0.1, 0.15) is 42.9 Å². The molecule has 3 rings (SSSR count). The van der Waals surface area contributed by atoms with Gasteiger partial charge >= 0.3 is 5.97 Å². The number of carbonyl (C=O) groups is 1. The average Bonchev–Trinajstić information content (AvgIpc) is 3.06. The lowest BCUT2D eigenvalue weighted by molar-refractivity contribution is -0.156. The van der Waals surface area contributed by atoms with Gasteiger partial charge in [0.2, 0.25) is 0 Å². The number of esters is 1. The summed E-state index contributed by atoms with van der Waals surface area (Å²) < 4.78 is 11.7. The first-order valence-corrected chi connectivity index (χ1v) is 9.06. The monoisotopic (exact) mass is 338 g/mol. The van der Waals surface area contributed by atoms with Gasteiger partial charge in [0.1, 0.15) is 5.41 Å². The summed E-state index contributed by atoms with van der Waals surface area (Å²) in [5.41, 5.74) is 2.61. The Morgan fingerprint density at radius 1 is 1.12 bits per heavy atom. The molecule has 0 aromatic heterocycles. The van der Waals surface area contributed by atoms with Crippen LogP contribution in [0.4, 0.5) is 0 Å². The standard InChI is InChI=1S/C22H26O3/c1-3-24-21(23)22(19-13-11-17(2)12-14-19)15-7-10-20(22)25-16-18-8-5-4-6-9-18/h4-6,8-9,11-14,20H,3,7,10,15-16H2,1-2H3. The van der Waals surface area contributed by atoms with Gasteiger partial charge in [-0.2, -0.15) is 0 Å². The molecule has 3 nitrogen and oxygen atoms in total. The first-order valence-electron chi connectivity index (χ1n) is 9.06. The number of hydrogen-bond donors (Lipinski definition) is 0. The van der Waals surface area contributed by atoms with Crippen LogP contribution in [0.5, 0.6) is 0 Å². The largest absolute Gasteiger partial charge is 0.465 e. The van der Waals surface area contributed by atoms with E-state index in [0.29, 0.717) is 13.2 Å². The van der Waals surface area contributed by atoms with E-state index in [0.717, 1.165) is 30.4 Å². The fraction of sp³-hybridized carbons (Fsp3) is 0.409. The summed E-state index contributed by atoms with van der Waals surface area (Å²) in [6.07, 6.45) is 2.45. The summed E-state index contributed by atoms with van der Waals surface area (Å²) in [7, 11) is 0. The van der Waals surface area contributed by atoms with Gasteiger partial charge < -0.3 is 9.47 Å². The van der Waals surface area contributed by atoms with Gasteiger partial charge in [0.05, 0.1) is 19.3 Å². The van der Waals surface area contributed by atoms with Crippen LogP contribution in [-0.4, -0.2) is 18.7 Å². The second-order valence-electron chi connectivity index (χ2n) is 6.74. The molecule has 25 heavy (non-hydrogen) atoms. The molecule has 0 spiro atoms. The minimum absolute atomic E-state index is 0.158. The van der Waals surface area contributed by atoms with Crippen LogP contribution in [0.25, 0.3) is 0 Å². The minimum Gasteiger partial charge on any atom is -0.465 e. The van der Waals surface area contributed by atoms with Crippen LogP contribution in [0.2, 0.25) is 0 Å². The van der Waals surface area contributed by atoms with Crippen molar-refractivity contribution >= 4 is 5.97 Å². The molecule has 2 atom stereocenters. The highest BCUT2D eigenvalue weighted by Crippen LogP contribution is 2.44. The molecule has 0 aliphatic heterocycles. The van der Waals surface area contributed by atoms with E-state index < -0.39 is 5.41 Å². The van der Waals surface area contributed by atoms with Crippen molar-refractivity contribution in [1.29, 1.82) is 0 Å². The molecule has 2 unspecified atom stereocenters. The molecule has 0 amide bonds. The number of benzene rings is 2. The Hall–Kier alpha value is -2.13. The van der Waals surface area contributed by atoms with Gasteiger partial charge in [0, 0.05) is 0 Å². The molecule has 0 radical (unpaired) electrons. The lowest BCUT2D eigenvalue weighted by Gasteiger charge is -2.33. The van der Waals surface area contributed by atoms with Crippen molar-refractivity contribution in [3.05, 3.63) is 71.3 Å². The maximum Gasteiger partial charge on any atom is 0.319 e. The van der Waals surface area contributed by atoms with E-state index >= 15 is 0 Å². The summed E-state index contributed by atoms with van der Waals surface area (Å²) in [4.78, 5) is 13.0. The lowest BCUT2D eigenvalue weighted by atomic mass is 9.76. The fourth-order valence-electron chi connectivity index (χ4n) is 3.76. The minimum atomic E-state index is -0.696. The summed E-state index contributed by atoms with van der Waals surface area (Å²) in [5.74, 6) is -0.158. The molecule has 0 heterocycles. The Balaban J connectivity index is 1.89. The van der Waals surface area contributed by atoms with Gasteiger partial charge in [-0.1, -0.05) is 60.2 Å². The van der Waals surface area contributed by atoms with E-state index in [1.807, 2.05) is 37.3 Å². The van der Waals surface area contributed by atoms with E-state index in [9.17, 15) is 4.79 Å². The molecular weight excluding hydrogens is 312 g/mol. The highest BCUT2D eigenvalue weighted by molar-refractivity contribution is 5.84. The van der Waals surface area contributed by atoms with Crippen LogP contribution >= 0.6 is 0 Å². The first kappa shape index (κ1) is 17.7. The molecule has 0 bridgehead atoms. The normalized spacial score (nSPS) is 22.7. The smallest absolute Gasteiger partial charge is 0.319 e. The quantitative estimate of drug-likeness (QED) is 0.724. The highest BCUT2D eigenvalue weighted by atomic mass is 16.5. The second kappa shape index (κ2) is 7.83. The third-order valence-electron chi connectivity index (χ3n) is 5.09. The number of carbonyl (C=O) groups excluding carboxylic acids is 1. The van der Waals surface area contributed by atoms with Crippen molar-refractivity contribution in [3.63, 3.8) is 0 Å². The van der Waals surface area contributed by atoms with Gasteiger partial charge in [-0.25, -0.2) is 0 Å². The fourth-order valence-corrected chi connectivity index (χ4v) is 3.76. The average molecular weight is 338 g/mol. The van der Waals surface area contributed by atoms with Gasteiger partial charge in [-0.15, -0.1) is 0 Å². The van der Waals surface area contributed by atoms with E-state index in [1.54, 1.807) is 0 Å². The first-order chi connectivity index (χ1) is 12.2. The predicted octanol–water partition coefficient (Wildman–Crippen LogP) is 4.57. The summed E-state index contributed by atoms with van der Waals surface area (Å²) in [6.45, 7) is 4.81. The third-order valence-corrected chi connectivity index (χ3v) is 5.09. The van der Waals surface area contributed by atoms with E-state index in [-0.39, 0.29) is 12.1 Å². The molecule has 1 aliphatic rings. The zero-order chi connectivity index (χ0) is 17.7. The van der Waals surface area contributed by atoms with Crippen LogP contribution in [0, 0.1) is 6.92 Å². The Bertz CT molecular complexity index is 693. The summed E-state index contributed by atoms with van der Waals surface area (Å²) in [6, 6.07) is 18.3. The maximum absolute atomic E-state index is 13.0. The summed E-state index contributed by atoms with van der Waals surface area (Å²) >= 11 is 0. The molecular formula is C22H26O3. The van der Waals surface area contributed by atoms with E-state index in [1.165, 1.54) is 5.56 Å². The van der Waals surface area contributed by atoms with Crippen molar-refractivity contribution in [2.45, 2.75) is 51.2 Å². The zero-order valence-electron chi connectivity index (χ0n) is 15.0. The van der Waals surface area contributed by atoms with Gasteiger partial charge in [-0.3, -0.25) is 4.79 Å². The molecule has 0 saturated heterocycles. The van der Waals surface area contributed by atoms with Gasteiger partial charge in [0.25, 0.3) is 0 Å². The Labute approximate surface area is 150 Å². The van der Waals surface area contributed by atoms with Gasteiger partial charge in [0.15, 0.2) is 0 Å². The van der Waals surface area contributed by atoms with Crippen LogP contribution < -0.4 is 0 Å². The number of rotatable bonds is 6. The highest BCUT2D eigenvalue weighted by Gasteiger charge is 2.52. The molecule has 1 aliphatic carbocycles. The molecule has 2 aromatic carbocycles. The maximum atomic E-state index is 13.0. The number of aryl methyl sites for hydroxylation is 1. The predicted molar refractivity (Wildman–Crippen MR) is 98.4 cm³/mol. The Morgan fingerprint density at radius 2 is 1.84 bits per heavy atom. The molecule has 1 saturated carbocycles.